The van der Waals surface area contributed by atoms with Gasteiger partial charge in [0.2, 0.25) is 0 Å². The number of anilines is 1. The van der Waals surface area contributed by atoms with Gasteiger partial charge in [0.1, 0.15) is 0 Å². The number of carbonyl (C=O) groups excluding carboxylic acids is 3. The molecule has 0 saturated heterocycles. The Kier molecular flexibility index (Phi) is 5.83. The molecule has 0 atom stereocenters. The van der Waals surface area contributed by atoms with E-state index < -0.39 is 21.6 Å². The number of rotatable bonds is 3. The largest absolute Gasteiger partial charge is 0.465 e. The normalized spacial score (nSPS) is 10.7. The number of nitrogens with one attached hydrogen (secondary N) is 1. The highest BCUT2D eigenvalue weighted by atomic mass is 35.6. The van der Waals surface area contributed by atoms with Gasteiger partial charge in [0, 0.05) is 5.69 Å². The highest BCUT2D eigenvalue weighted by Crippen LogP contribution is 2.28. The van der Waals surface area contributed by atoms with Gasteiger partial charge in [-0.25, -0.2) is 9.59 Å². The van der Waals surface area contributed by atoms with E-state index in [2.05, 4.69) is 14.8 Å². The molecule has 9 heteroatoms. The van der Waals surface area contributed by atoms with E-state index in [1.165, 1.54) is 32.4 Å². The average Bonchev–Trinajstić information content (AvgIpc) is 2.44. The maximum atomic E-state index is 11.6. The van der Waals surface area contributed by atoms with E-state index in [9.17, 15) is 14.4 Å². The molecule has 1 aromatic rings. The molecule has 1 rings (SSSR count). The zero-order chi connectivity index (χ0) is 16.2. The summed E-state index contributed by atoms with van der Waals surface area (Å²) < 4.78 is 6.91. The van der Waals surface area contributed by atoms with Crippen molar-refractivity contribution in [2.75, 3.05) is 19.5 Å². The summed E-state index contributed by atoms with van der Waals surface area (Å²) in [6.45, 7) is 0. The molecule has 21 heavy (non-hydrogen) atoms. The second-order valence-corrected chi connectivity index (χ2v) is 6.02. The highest BCUT2D eigenvalue weighted by molar-refractivity contribution is 6.76. The fourth-order valence-electron chi connectivity index (χ4n) is 1.37. The van der Waals surface area contributed by atoms with E-state index >= 15 is 0 Å². The van der Waals surface area contributed by atoms with E-state index in [1.807, 2.05) is 0 Å². The van der Waals surface area contributed by atoms with Gasteiger partial charge in [-0.1, -0.05) is 34.8 Å². The first-order chi connectivity index (χ1) is 9.68. The number of benzene rings is 1. The Morgan fingerprint density at radius 3 is 1.71 bits per heavy atom. The number of carbonyl (C=O) groups is 3. The zero-order valence-corrected chi connectivity index (χ0v) is 13.2. The van der Waals surface area contributed by atoms with Crippen LogP contribution in [0.25, 0.3) is 0 Å². The van der Waals surface area contributed by atoms with Crippen molar-refractivity contribution >= 4 is 58.3 Å². The first-order valence-corrected chi connectivity index (χ1v) is 6.52. The van der Waals surface area contributed by atoms with Crippen LogP contribution in [0.5, 0.6) is 0 Å². The Morgan fingerprint density at radius 1 is 0.952 bits per heavy atom. The molecule has 0 aliphatic carbocycles. The summed E-state index contributed by atoms with van der Waals surface area (Å²) in [7, 11) is 2.35. The maximum absolute atomic E-state index is 11.6. The summed E-state index contributed by atoms with van der Waals surface area (Å²) >= 11 is 16.3. The Hall–Kier alpha value is -1.50. The van der Waals surface area contributed by atoms with E-state index in [0.717, 1.165) is 0 Å². The van der Waals surface area contributed by atoms with Crippen LogP contribution in [0, 0.1) is 0 Å². The quantitative estimate of drug-likeness (QED) is 0.666. The van der Waals surface area contributed by atoms with Gasteiger partial charge in [0.25, 0.3) is 9.70 Å². The fourth-order valence-corrected chi connectivity index (χ4v) is 1.51. The highest BCUT2D eigenvalue weighted by Gasteiger charge is 2.31. The first kappa shape index (κ1) is 17.6. The second-order valence-electron chi connectivity index (χ2n) is 3.73. The second kappa shape index (κ2) is 6.98. The molecule has 0 unspecified atom stereocenters. The lowest BCUT2D eigenvalue weighted by molar-refractivity contribution is -0.115. The molecule has 114 valence electrons. The van der Waals surface area contributed by atoms with Crippen molar-refractivity contribution in [3.8, 4) is 0 Å². The Balaban J connectivity index is 3.22. The van der Waals surface area contributed by atoms with Crippen molar-refractivity contribution in [1.29, 1.82) is 0 Å². The molecule has 1 N–H and O–H groups in total. The summed E-state index contributed by atoms with van der Waals surface area (Å²) in [5.74, 6) is -2.35. The summed E-state index contributed by atoms with van der Waals surface area (Å²) in [5.41, 5.74) is 0.134. The van der Waals surface area contributed by atoms with Gasteiger partial charge in [-0.05, 0) is 18.2 Å². The Labute approximate surface area is 135 Å². The third kappa shape index (κ3) is 4.77. The number of alkyl halides is 3. The third-order valence-electron chi connectivity index (χ3n) is 2.29. The Morgan fingerprint density at radius 2 is 1.38 bits per heavy atom. The van der Waals surface area contributed by atoms with E-state index in [-0.39, 0.29) is 16.8 Å². The number of hydrogen-bond acceptors (Lipinski definition) is 5. The van der Waals surface area contributed by atoms with Gasteiger partial charge in [0.05, 0.1) is 25.3 Å². The molecule has 0 radical (unpaired) electrons. The predicted octanol–water partition coefficient (Wildman–Crippen LogP) is 2.57. The molecule has 1 amide bonds. The lowest BCUT2D eigenvalue weighted by Gasteiger charge is -2.13. The molecule has 0 fully saturated rings. The van der Waals surface area contributed by atoms with Crippen LogP contribution in [0.3, 0.4) is 0 Å². The van der Waals surface area contributed by atoms with E-state index in [1.54, 1.807) is 0 Å². The van der Waals surface area contributed by atoms with Crippen LogP contribution in [0.2, 0.25) is 0 Å². The van der Waals surface area contributed by atoms with Crippen molar-refractivity contribution in [2.45, 2.75) is 3.79 Å². The number of ether oxygens (including phenoxy) is 2. The van der Waals surface area contributed by atoms with Gasteiger partial charge < -0.3 is 14.8 Å². The summed E-state index contributed by atoms with van der Waals surface area (Å²) in [6, 6.07) is 3.79. The summed E-state index contributed by atoms with van der Waals surface area (Å²) in [5, 5.41) is 2.27. The number of esters is 2. The van der Waals surface area contributed by atoms with Crippen molar-refractivity contribution in [3.63, 3.8) is 0 Å². The standard InChI is InChI=1S/C12H10Cl3NO5/c1-20-9(17)6-3-7(10(18)21-2)5-8(4-6)16-11(19)12(13,14)15/h3-5H,1-2H3,(H,16,19). The SMILES string of the molecule is COC(=O)c1cc(NC(=O)C(Cl)(Cl)Cl)cc(C(=O)OC)c1. The zero-order valence-electron chi connectivity index (χ0n) is 10.9. The van der Waals surface area contributed by atoms with Crippen molar-refractivity contribution < 1.29 is 23.9 Å². The number of hydrogen-bond donors (Lipinski definition) is 1. The number of halogens is 3. The summed E-state index contributed by atoms with van der Waals surface area (Å²) in [6.07, 6.45) is 0. The topological polar surface area (TPSA) is 81.7 Å². The minimum absolute atomic E-state index is 0.0278. The molecule has 0 heterocycles. The van der Waals surface area contributed by atoms with Gasteiger partial charge in [0.15, 0.2) is 0 Å². The lowest BCUT2D eigenvalue weighted by Crippen LogP contribution is -2.27. The molecule has 0 spiro atoms. The van der Waals surface area contributed by atoms with Crippen LogP contribution in [-0.4, -0.2) is 35.9 Å². The fraction of sp³-hybridized carbons (Fsp3) is 0.250. The third-order valence-corrected chi connectivity index (χ3v) is 2.81. The van der Waals surface area contributed by atoms with Crippen LogP contribution in [0.15, 0.2) is 18.2 Å². The van der Waals surface area contributed by atoms with Crippen LogP contribution < -0.4 is 5.32 Å². The number of methoxy groups -OCH3 is 2. The maximum Gasteiger partial charge on any atom is 0.337 e. The lowest BCUT2D eigenvalue weighted by atomic mass is 10.1. The van der Waals surface area contributed by atoms with Crippen molar-refractivity contribution in [3.05, 3.63) is 29.3 Å². The van der Waals surface area contributed by atoms with Gasteiger partial charge in [-0.3, -0.25) is 4.79 Å². The smallest absolute Gasteiger partial charge is 0.337 e. The molecule has 0 aliphatic heterocycles. The Bertz CT molecular complexity index is 548. The van der Waals surface area contributed by atoms with Crippen LogP contribution in [-0.2, 0) is 14.3 Å². The van der Waals surface area contributed by atoms with Crippen LogP contribution >= 0.6 is 34.8 Å². The van der Waals surface area contributed by atoms with E-state index in [0.29, 0.717) is 0 Å². The minimum atomic E-state index is -2.19. The molecular weight excluding hydrogens is 344 g/mol. The average molecular weight is 355 g/mol. The molecule has 6 nitrogen and oxygen atoms in total. The van der Waals surface area contributed by atoms with Gasteiger partial charge in [-0.15, -0.1) is 0 Å². The van der Waals surface area contributed by atoms with Gasteiger partial charge >= 0.3 is 11.9 Å². The monoisotopic (exact) mass is 353 g/mol. The van der Waals surface area contributed by atoms with Gasteiger partial charge in [-0.2, -0.15) is 0 Å². The molecule has 0 aromatic heterocycles. The predicted molar refractivity (Wildman–Crippen MR) is 78.0 cm³/mol. The molecule has 0 aliphatic rings. The molecule has 1 aromatic carbocycles. The summed E-state index contributed by atoms with van der Waals surface area (Å²) in [4.78, 5) is 34.7. The molecule has 0 saturated carbocycles. The minimum Gasteiger partial charge on any atom is -0.465 e. The van der Waals surface area contributed by atoms with E-state index in [4.69, 9.17) is 34.8 Å². The number of amides is 1. The first-order valence-electron chi connectivity index (χ1n) is 5.39. The molecular formula is C12H10Cl3NO5. The van der Waals surface area contributed by atoms with Crippen LogP contribution in [0.1, 0.15) is 20.7 Å². The van der Waals surface area contributed by atoms with Crippen molar-refractivity contribution in [2.24, 2.45) is 0 Å². The van der Waals surface area contributed by atoms with Crippen molar-refractivity contribution in [1.82, 2.24) is 0 Å². The van der Waals surface area contributed by atoms with Crippen LogP contribution in [0.4, 0.5) is 5.69 Å². The molecule has 0 bridgehead atoms.